The summed E-state index contributed by atoms with van der Waals surface area (Å²) in [6.07, 6.45) is 1.92. The number of para-hydroxylation sites is 1. The van der Waals surface area contributed by atoms with Crippen molar-refractivity contribution in [3.8, 4) is 28.7 Å². The van der Waals surface area contributed by atoms with Crippen LogP contribution in [-0.2, 0) is 4.74 Å². The lowest BCUT2D eigenvalue weighted by Gasteiger charge is -2.17. The highest BCUT2D eigenvalue weighted by Crippen LogP contribution is 2.25. The van der Waals surface area contributed by atoms with Crippen LogP contribution in [0.5, 0.6) is 28.7 Å². The number of hydrogen-bond acceptors (Lipinski definition) is 5. The van der Waals surface area contributed by atoms with E-state index in [0.29, 0.717) is 30.8 Å². The standard InChI is InChI=1S/C26H30O4.C10H14O/c1-4-20(2)22-13-15-24(16-14-22)29-21(3)27-17-18-28-25-11-8-12-26(19-25)30-23-9-6-5-7-10-23;1-3-8(2)9-4-6-10(11)7-5-9/h5-16,19-21H,4,17-18H2,1-3H3;4-8,11H,3H2,1-2H3. The predicted molar refractivity (Wildman–Crippen MR) is 166 cm³/mol. The number of benzene rings is 4. The average Bonchev–Trinajstić information content (AvgIpc) is 3.00. The summed E-state index contributed by atoms with van der Waals surface area (Å²) in [7, 11) is 0. The number of hydrogen-bond donors (Lipinski definition) is 1. The molecule has 4 aromatic rings. The highest BCUT2D eigenvalue weighted by Gasteiger charge is 2.07. The molecule has 4 rings (SSSR count). The van der Waals surface area contributed by atoms with Crippen LogP contribution in [0.4, 0.5) is 0 Å². The van der Waals surface area contributed by atoms with Crippen LogP contribution in [-0.4, -0.2) is 24.6 Å². The van der Waals surface area contributed by atoms with Crippen LogP contribution in [0, 0.1) is 0 Å². The summed E-state index contributed by atoms with van der Waals surface area (Å²) in [5.41, 5.74) is 2.62. The summed E-state index contributed by atoms with van der Waals surface area (Å²) in [5, 5.41) is 9.01. The van der Waals surface area contributed by atoms with Crippen LogP contribution < -0.4 is 14.2 Å². The molecular weight excluding hydrogens is 512 g/mol. The van der Waals surface area contributed by atoms with Gasteiger partial charge in [0.05, 0.1) is 6.61 Å². The number of ether oxygens (including phenoxy) is 4. The third kappa shape index (κ3) is 11.2. The Labute approximate surface area is 245 Å². The van der Waals surface area contributed by atoms with E-state index >= 15 is 0 Å². The molecule has 0 aliphatic heterocycles. The molecule has 0 saturated carbocycles. The topological polar surface area (TPSA) is 57.2 Å². The van der Waals surface area contributed by atoms with Crippen LogP contribution in [0.15, 0.2) is 103 Å². The molecule has 0 heterocycles. The average molecular weight is 557 g/mol. The van der Waals surface area contributed by atoms with Gasteiger partial charge in [-0.3, -0.25) is 0 Å². The lowest BCUT2D eigenvalue weighted by molar-refractivity contribution is -0.0739. The van der Waals surface area contributed by atoms with Gasteiger partial charge in [0.25, 0.3) is 0 Å². The Balaban J connectivity index is 0.000000352. The minimum atomic E-state index is -0.351. The van der Waals surface area contributed by atoms with E-state index in [1.807, 2.05) is 85.8 Å². The second-order valence-corrected chi connectivity index (χ2v) is 10.1. The third-order valence-electron chi connectivity index (χ3n) is 6.93. The van der Waals surface area contributed by atoms with Crippen LogP contribution in [0.25, 0.3) is 0 Å². The van der Waals surface area contributed by atoms with Gasteiger partial charge in [0.2, 0.25) is 0 Å². The Morgan fingerprint density at radius 1 is 0.585 bits per heavy atom. The van der Waals surface area contributed by atoms with E-state index in [2.05, 4.69) is 39.8 Å². The molecule has 3 unspecified atom stereocenters. The molecule has 5 heteroatoms. The second kappa shape index (κ2) is 17.0. The maximum atomic E-state index is 9.01. The van der Waals surface area contributed by atoms with Crippen molar-refractivity contribution >= 4 is 0 Å². The molecule has 0 spiro atoms. The van der Waals surface area contributed by atoms with Crippen molar-refractivity contribution in [1.82, 2.24) is 0 Å². The van der Waals surface area contributed by atoms with Crippen molar-refractivity contribution in [3.63, 3.8) is 0 Å². The SMILES string of the molecule is CCC(C)c1ccc(O)cc1.CCC(C)c1ccc(OC(C)OCCOc2cccc(Oc3ccccc3)c2)cc1. The van der Waals surface area contributed by atoms with E-state index in [0.717, 1.165) is 35.8 Å². The van der Waals surface area contributed by atoms with E-state index in [1.165, 1.54) is 11.1 Å². The zero-order valence-corrected chi connectivity index (χ0v) is 25.0. The number of aromatic hydroxyl groups is 1. The van der Waals surface area contributed by atoms with Crippen LogP contribution in [0.2, 0.25) is 0 Å². The molecule has 1 N–H and O–H groups in total. The molecule has 0 bridgehead atoms. The van der Waals surface area contributed by atoms with Crippen LogP contribution in [0.1, 0.15) is 70.4 Å². The first-order valence-corrected chi connectivity index (χ1v) is 14.5. The minimum Gasteiger partial charge on any atom is -0.508 e. The maximum absolute atomic E-state index is 9.01. The van der Waals surface area contributed by atoms with E-state index < -0.39 is 0 Å². The van der Waals surface area contributed by atoms with Crippen LogP contribution in [0.3, 0.4) is 0 Å². The van der Waals surface area contributed by atoms with Gasteiger partial charge < -0.3 is 24.1 Å². The first-order valence-electron chi connectivity index (χ1n) is 14.5. The van der Waals surface area contributed by atoms with Gasteiger partial charge in [-0.15, -0.1) is 0 Å². The van der Waals surface area contributed by atoms with Gasteiger partial charge in [-0.05, 0) is 91.3 Å². The molecule has 0 aromatic heterocycles. The van der Waals surface area contributed by atoms with Crippen LogP contribution >= 0.6 is 0 Å². The molecule has 0 fully saturated rings. The van der Waals surface area contributed by atoms with Crippen molar-refractivity contribution in [3.05, 3.63) is 114 Å². The van der Waals surface area contributed by atoms with Crippen molar-refractivity contribution in [2.24, 2.45) is 0 Å². The maximum Gasteiger partial charge on any atom is 0.197 e. The lowest BCUT2D eigenvalue weighted by Crippen LogP contribution is -2.19. The molecule has 5 nitrogen and oxygen atoms in total. The molecule has 0 aliphatic carbocycles. The fraction of sp³-hybridized carbons (Fsp3) is 0.333. The molecule has 0 radical (unpaired) electrons. The molecule has 0 saturated heterocycles. The highest BCUT2D eigenvalue weighted by molar-refractivity contribution is 5.36. The van der Waals surface area contributed by atoms with E-state index in [-0.39, 0.29) is 6.29 Å². The van der Waals surface area contributed by atoms with Gasteiger partial charge in [-0.1, -0.05) is 76.2 Å². The fourth-order valence-corrected chi connectivity index (χ4v) is 4.00. The molecule has 4 aromatic carbocycles. The number of phenolic OH excluding ortho intramolecular Hbond substituents is 1. The summed E-state index contributed by atoms with van der Waals surface area (Å²) >= 11 is 0. The predicted octanol–water partition coefficient (Wildman–Crippen LogP) is 9.72. The molecule has 0 amide bonds. The molecule has 3 atom stereocenters. The largest absolute Gasteiger partial charge is 0.508 e. The smallest absolute Gasteiger partial charge is 0.197 e. The lowest BCUT2D eigenvalue weighted by atomic mass is 9.99. The van der Waals surface area contributed by atoms with Crippen molar-refractivity contribution in [2.75, 3.05) is 13.2 Å². The molecule has 218 valence electrons. The summed E-state index contributed by atoms with van der Waals surface area (Å²) in [6.45, 7) is 11.5. The normalized spacial score (nSPS) is 12.8. The Morgan fingerprint density at radius 3 is 1.76 bits per heavy atom. The fourth-order valence-electron chi connectivity index (χ4n) is 4.00. The van der Waals surface area contributed by atoms with Crippen molar-refractivity contribution in [2.45, 2.75) is 65.6 Å². The Morgan fingerprint density at radius 2 is 1.15 bits per heavy atom. The summed E-state index contributed by atoms with van der Waals surface area (Å²) in [4.78, 5) is 0. The van der Waals surface area contributed by atoms with Crippen molar-refractivity contribution in [1.29, 1.82) is 0 Å². The number of rotatable bonds is 13. The molecular formula is C36H44O5. The van der Waals surface area contributed by atoms with Gasteiger partial charge in [-0.25, -0.2) is 0 Å². The number of phenols is 1. The summed E-state index contributed by atoms with van der Waals surface area (Å²) in [5.74, 6) is 4.56. The van der Waals surface area contributed by atoms with E-state index in [9.17, 15) is 0 Å². The first kappa shape index (κ1) is 31.6. The Bertz CT molecular complexity index is 1260. The van der Waals surface area contributed by atoms with Gasteiger partial charge in [-0.2, -0.15) is 0 Å². The van der Waals surface area contributed by atoms with Crippen molar-refractivity contribution < 1.29 is 24.1 Å². The first-order chi connectivity index (χ1) is 19.9. The zero-order valence-electron chi connectivity index (χ0n) is 25.0. The molecule has 41 heavy (non-hydrogen) atoms. The minimum absolute atomic E-state index is 0.344. The Hall–Kier alpha value is -3.96. The quantitative estimate of drug-likeness (QED) is 0.131. The van der Waals surface area contributed by atoms with E-state index in [1.54, 1.807) is 12.1 Å². The molecule has 0 aliphatic rings. The van der Waals surface area contributed by atoms with Gasteiger partial charge in [0.1, 0.15) is 35.4 Å². The van der Waals surface area contributed by atoms with E-state index in [4.69, 9.17) is 24.1 Å². The second-order valence-electron chi connectivity index (χ2n) is 10.1. The zero-order chi connectivity index (χ0) is 29.5. The summed E-state index contributed by atoms with van der Waals surface area (Å²) < 4.78 is 23.1. The Kier molecular flexibility index (Phi) is 13.1. The van der Waals surface area contributed by atoms with Gasteiger partial charge in [0.15, 0.2) is 6.29 Å². The highest BCUT2D eigenvalue weighted by atomic mass is 16.7. The monoisotopic (exact) mass is 556 g/mol. The van der Waals surface area contributed by atoms with Gasteiger partial charge in [0, 0.05) is 6.07 Å². The third-order valence-corrected chi connectivity index (χ3v) is 6.93. The van der Waals surface area contributed by atoms with Gasteiger partial charge >= 0.3 is 0 Å². The summed E-state index contributed by atoms with van der Waals surface area (Å²) in [6, 6.07) is 32.9.